The third kappa shape index (κ3) is 3.94. The molecular formula is C18H23N2O5+. The standard InChI is InChI=1S/C18H22N2O5/c1-24-14-4-2-13(3-5-14)20-8-6-19(7-9-20)11-17-18(23)16(22)10-15(12-21)25-17/h2-5,10,21,23H,6-9,11-12H2,1H3/p+1. The second kappa shape index (κ2) is 7.58. The van der Waals surface area contributed by atoms with Crippen LogP contribution < -0.4 is 20.0 Å². The lowest BCUT2D eigenvalue weighted by atomic mass is 10.2. The molecule has 0 atom stereocenters. The van der Waals surface area contributed by atoms with Crippen LogP contribution in [0.4, 0.5) is 5.69 Å². The maximum atomic E-state index is 11.7. The van der Waals surface area contributed by atoms with Crippen LogP contribution >= 0.6 is 0 Å². The lowest BCUT2D eigenvalue weighted by Gasteiger charge is -2.33. The highest BCUT2D eigenvalue weighted by Gasteiger charge is 2.23. The Morgan fingerprint density at radius 1 is 1.24 bits per heavy atom. The van der Waals surface area contributed by atoms with E-state index in [0.717, 1.165) is 43.7 Å². The molecule has 1 aliphatic heterocycles. The molecule has 1 aromatic heterocycles. The van der Waals surface area contributed by atoms with Gasteiger partial charge in [-0.3, -0.25) is 4.79 Å². The predicted molar refractivity (Wildman–Crippen MR) is 92.2 cm³/mol. The Balaban J connectivity index is 1.63. The van der Waals surface area contributed by atoms with E-state index < -0.39 is 5.43 Å². The maximum absolute atomic E-state index is 11.7. The topological polar surface area (TPSA) is 87.6 Å². The Bertz CT molecular complexity index is 764. The summed E-state index contributed by atoms with van der Waals surface area (Å²) >= 11 is 0. The number of aliphatic hydroxyl groups is 1. The van der Waals surface area contributed by atoms with Gasteiger partial charge in [0.1, 0.15) is 24.7 Å². The van der Waals surface area contributed by atoms with E-state index in [-0.39, 0.29) is 23.9 Å². The van der Waals surface area contributed by atoms with Gasteiger partial charge < -0.3 is 29.2 Å². The molecule has 0 bridgehead atoms. The van der Waals surface area contributed by atoms with Crippen molar-refractivity contribution >= 4 is 5.69 Å². The highest BCUT2D eigenvalue weighted by atomic mass is 16.5. The van der Waals surface area contributed by atoms with E-state index in [0.29, 0.717) is 6.54 Å². The second-order valence-electron chi connectivity index (χ2n) is 6.12. The molecule has 0 radical (unpaired) electrons. The van der Waals surface area contributed by atoms with E-state index in [1.54, 1.807) is 7.11 Å². The first-order valence-electron chi connectivity index (χ1n) is 8.29. The molecule has 0 aliphatic carbocycles. The van der Waals surface area contributed by atoms with Crippen LogP contribution in [0.15, 0.2) is 39.5 Å². The minimum absolute atomic E-state index is 0.175. The number of nitrogens with zero attached hydrogens (tertiary/aromatic N) is 1. The van der Waals surface area contributed by atoms with Crippen LogP contribution in [0.1, 0.15) is 11.5 Å². The molecule has 1 aromatic carbocycles. The second-order valence-corrected chi connectivity index (χ2v) is 6.12. The van der Waals surface area contributed by atoms with Gasteiger partial charge in [0.2, 0.25) is 16.9 Å². The molecule has 0 amide bonds. The van der Waals surface area contributed by atoms with Gasteiger partial charge in [-0.15, -0.1) is 0 Å². The first kappa shape index (κ1) is 17.3. The van der Waals surface area contributed by atoms with Crippen molar-refractivity contribution in [2.75, 3.05) is 38.2 Å². The molecule has 7 heteroatoms. The lowest BCUT2D eigenvalue weighted by Crippen LogP contribution is -3.13. The van der Waals surface area contributed by atoms with Gasteiger partial charge in [0.05, 0.1) is 33.3 Å². The normalized spacial score (nSPS) is 15.4. The molecule has 1 saturated heterocycles. The van der Waals surface area contributed by atoms with Crippen molar-refractivity contribution in [3.8, 4) is 11.5 Å². The summed E-state index contributed by atoms with van der Waals surface area (Å²) in [5, 5.41) is 19.0. The van der Waals surface area contributed by atoms with Crippen molar-refractivity contribution in [1.29, 1.82) is 0 Å². The van der Waals surface area contributed by atoms with E-state index in [1.807, 2.05) is 24.3 Å². The number of hydrogen-bond donors (Lipinski definition) is 3. The Labute approximate surface area is 145 Å². The van der Waals surface area contributed by atoms with Gasteiger partial charge in [-0.25, -0.2) is 0 Å². The summed E-state index contributed by atoms with van der Waals surface area (Å²) in [6.07, 6.45) is 0. The summed E-state index contributed by atoms with van der Waals surface area (Å²) in [5.41, 5.74) is 0.637. The van der Waals surface area contributed by atoms with Crippen molar-refractivity contribution in [3.05, 3.63) is 52.1 Å². The number of rotatable bonds is 5. The van der Waals surface area contributed by atoms with Gasteiger partial charge in [0, 0.05) is 11.8 Å². The molecule has 3 rings (SSSR count). The number of aliphatic hydroxyl groups excluding tert-OH is 1. The van der Waals surface area contributed by atoms with Crippen LogP contribution in [-0.4, -0.2) is 43.5 Å². The third-order valence-electron chi connectivity index (χ3n) is 4.52. The molecule has 0 saturated carbocycles. The molecule has 25 heavy (non-hydrogen) atoms. The van der Waals surface area contributed by atoms with Gasteiger partial charge in [-0.1, -0.05) is 0 Å². The average Bonchev–Trinajstić information content (AvgIpc) is 2.66. The van der Waals surface area contributed by atoms with E-state index in [9.17, 15) is 9.90 Å². The van der Waals surface area contributed by atoms with Gasteiger partial charge in [-0.2, -0.15) is 0 Å². The van der Waals surface area contributed by atoms with Crippen molar-refractivity contribution in [1.82, 2.24) is 0 Å². The molecule has 1 fully saturated rings. The average molecular weight is 347 g/mol. The summed E-state index contributed by atoms with van der Waals surface area (Å²) in [6, 6.07) is 9.10. The zero-order chi connectivity index (χ0) is 17.8. The van der Waals surface area contributed by atoms with Crippen LogP contribution in [0.3, 0.4) is 0 Å². The molecular weight excluding hydrogens is 324 g/mol. The summed E-state index contributed by atoms with van der Waals surface area (Å²) in [7, 11) is 1.65. The fourth-order valence-electron chi connectivity index (χ4n) is 3.06. The minimum Gasteiger partial charge on any atom is -0.502 e. The van der Waals surface area contributed by atoms with Gasteiger partial charge in [0.25, 0.3) is 0 Å². The Hall–Kier alpha value is -2.51. The van der Waals surface area contributed by atoms with E-state index in [2.05, 4.69) is 4.90 Å². The zero-order valence-corrected chi connectivity index (χ0v) is 14.2. The SMILES string of the molecule is COc1ccc(N2CC[NH+](Cc3oc(CO)cc(=O)c3O)CC2)cc1. The molecule has 3 N–H and O–H groups in total. The van der Waals surface area contributed by atoms with Crippen molar-refractivity contribution in [2.45, 2.75) is 13.2 Å². The number of piperazine rings is 1. The summed E-state index contributed by atoms with van der Waals surface area (Å²) in [6.45, 7) is 3.52. The number of benzene rings is 1. The number of hydrogen-bond acceptors (Lipinski definition) is 6. The van der Waals surface area contributed by atoms with Gasteiger partial charge >= 0.3 is 0 Å². The van der Waals surface area contributed by atoms with Crippen LogP contribution in [0.25, 0.3) is 0 Å². The van der Waals surface area contributed by atoms with Crippen LogP contribution in [0.5, 0.6) is 11.5 Å². The lowest BCUT2D eigenvalue weighted by molar-refractivity contribution is -0.915. The first-order valence-corrected chi connectivity index (χ1v) is 8.29. The summed E-state index contributed by atoms with van der Waals surface area (Å²) in [4.78, 5) is 15.2. The molecule has 7 nitrogen and oxygen atoms in total. The third-order valence-corrected chi connectivity index (χ3v) is 4.52. The van der Waals surface area contributed by atoms with Crippen molar-refractivity contribution in [3.63, 3.8) is 0 Å². The number of quaternary nitrogens is 1. The van der Waals surface area contributed by atoms with Gasteiger partial charge in [-0.05, 0) is 24.3 Å². The van der Waals surface area contributed by atoms with E-state index in [4.69, 9.17) is 14.3 Å². The van der Waals surface area contributed by atoms with Crippen molar-refractivity contribution in [2.24, 2.45) is 0 Å². The largest absolute Gasteiger partial charge is 0.502 e. The monoisotopic (exact) mass is 347 g/mol. The first-order chi connectivity index (χ1) is 12.1. The quantitative estimate of drug-likeness (QED) is 0.692. The smallest absolute Gasteiger partial charge is 0.227 e. The van der Waals surface area contributed by atoms with E-state index >= 15 is 0 Å². The Kier molecular flexibility index (Phi) is 5.25. The predicted octanol–water partition coefficient (Wildman–Crippen LogP) is -0.249. The molecule has 2 heterocycles. The minimum atomic E-state index is -0.512. The van der Waals surface area contributed by atoms with E-state index in [1.165, 1.54) is 4.90 Å². The molecule has 2 aromatic rings. The summed E-state index contributed by atoms with van der Waals surface area (Å²) in [5.74, 6) is 0.892. The maximum Gasteiger partial charge on any atom is 0.227 e. The molecule has 0 unspecified atom stereocenters. The van der Waals surface area contributed by atoms with Crippen LogP contribution in [0, 0.1) is 0 Å². The highest BCUT2D eigenvalue weighted by molar-refractivity contribution is 5.49. The molecule has 0 spiro atoms. The molecule has 134 valence electrons. The highest BCUT2D eigenvalue weighted by Crippen LogP contribution is 2.19. The fourth-order valence-corrected chi connectivity index (χ4v) is 3.06. The fraction of sp³-hybridized carbons (Fsp3) is 0.389. The number of anilines is 1. The molecule has 1 aliphatic rings. The van der Waals surface area contributed by atoms with Gasteiger partial charge in [0.15, 0.2) is 0 Å². The number of ether oxygens (including phenoxy) is 1. The number of nitrogens with one attached hydrogen (secondary N) is 1. The zero-order valence-electron chi connectivity index (χ0n) is 14.2. The van der Waals surface area contributed by atoms with Crippen LogP contribution in [-0.2, 0) is 13.2 Å². The number of aromatic hydroxyl groups is 1. The summed E-state index contributed by atoms with van der Waals surface area (Å²) < 4.78 is 10.6. The Morgan fingerprint density at radius 3 is 2.52 bits per heavy atom. The Morgan fingerprint density at radius 2 is 1.92 bits per heavy atom. The van der Waals surface area contributed by atoms with Crippen LogP contribution in [0.2, 0.25) is 0 Å². The number of methoxy groups -OCH3 is 1. The van der Waals surface area contributed by atoms with Crippen molar-refractivity contribution < 1.29 is 24.3 Å².